The van der Waals surface area contributed by atoms with Crippen LogP contribution in [0.2, 0.25) is 0 Å². The zero-order valence-electron chi connectivity index (χ0n) is 11.3. The van der Waals surface area contributed by atoms with Crippen molar-refractivity contribution in [3.05, 3.63) is 35.9 Å². The van der Waals surface area contributed by atoms with Crippen molar-refractivity contribution in [1.29, 1.82) is 0 Å². The van der Waals surface area contributed by atoms with E-state index in [-0.39, 0.29) is 0 Å². The second-order valence-corrected chi connectivity index (χ2v) is 5.54. The number of nitrogens with zero attached hydrogens (tertiary/aromatic N) is 1. The molecule has 1 heterocycles. The van der Waals surface area contributed by atoms with E-state index in [9.17, 15) is 5.11 Å². The van der Waals surface area contributed by atoms with Crippen molar-refractivity contribution in [3.63, 3.8) is 0 Å². The van der Waals surface area contributed by atoms with E-state index in [4.69, 9.17) is 4.74 Å². The van der Waals surface area contributed by atoms with Crippen molar-refractivity contribution in [2.45, 2.75) is 24.9 Å². The van der Waals surface area contributed by atoms with E-state index < -0.39 is 5.60 Å². The van der Waals surface area contributed by atoms with Gasteiger partial charge in [-0.3, -0.25) is 4.90 Å². The van der Waals surface area contributed by atoms with Crippen LogP contribution in [0.15, 0.2) is 30.3 Å². The van der Waals surface area contributed by atoms with Crippen LogP contribution in [0.25, 0.3) is 0 Å². The smallest absolute Gasteiger partial charge is 0.0768 e. The van der Waals surface area contributed by atoms with Gasteiger partial charge in [0.15, 0.2) is 0 Å². The molecule has 3 nitrogen and oxygen atoms in total. The Hall–Kier alpha value is -0.900. The molecule has 1 fully saturated rings. The van der Waals surface area contributed by atoms with Crippen LogP contribution in [-0.2, 0) is 4.74 Å². The Kier molecular flexibility index (Phi) is 4.38. The average Bonchev–Trinajstić information content (AvgIpc) is 2.32. The van der Waals surface area contributed by atoms with E-state index >= 15 is 0 Å². The van der Waals surface area contributed by atoms with Crippen LogP contribution in [0, 0.1) is 0 Å². The molecule has 100 valence electrons. The molecule has 18 heavy (non-hydrogen) atoms. The molecule has 0 aliphatic carbocycles. The summed E-state index contributed by atoms with van der Waals surface area (Å²) in [6.45, 7) is 5.34. The molecule has 0 aromatic heterocycles. The van der Waals surface area contributed by atoms with E-state index in [2.05, 4.69) is 35.2 Å². The Morgan fingerprint density at radius 3 is 2.61 bits per heavy atom. The molecule has 1 N–H and O–H groups in total. The second-order valence-electron chi connectivity index (χ2n) is 5.54. The first kappa shape index (κ1) is 13.5. The lowest BCUT2D eigenvalue weighted by atomic mass is 9.89. The van der Waals surface area contributed by atoms with Gasteiger partial charge in [-0.05, 0) is 12.5 Å². The van der Waals surface area contributed by atoms with E-state index in [1.165, 1.54) is 5.56 Å². The molecule has 0 spiro atoms. The number of hydrogen-bond donors (Lipinski definition) is 1. The number of hydrogen-bond acceptors (Lipinski definition) is 3. The van der Waals surface area contributed by atoms with E-state index in [1.54, 1.807) is 7.11 Å². The molecule has 1 saturated heterocycles. The molecule has 0 amide bonds. The summed E-state index contributed by atoms with van der Waals surface area (Å²) < 4.78 is 5.02. The Balaban J connectivity index is 1.76. The average molecular weight is 249 g/mol. The summed E-state index contributed by atoms with van der Waals surface area (Å²) in [6.07, 6.45) is 0.690. The molecular formula is C15H23NO2. The highest BCUT2D eigenvalue weighted by atomic mass is 16.5. The molecule has 1 atom stereocenters. The first-order chi connectivity index (χ1) is 8.61. The highest BCUT2D eigenvalue weighted by Crippen LogP contribution is 2.28. The third-order valence-electron chi connectivity index (χ3n) is 3.64. The molecule has 1 unspecified atom stereocenters. The SMILES string of the molecule is COCCC(C)(O)CN1CC(c2ccccc2)C1. The Morgan fingerprint density at radius 2 is 2.00 bits per heavy atom. The van der Waals surface area contributed by atoms with Gasteiger partial charge < -0.3 is 9.84 Å². The lowest BCUT2D eigenvalue weighted by molar-refractivity contribution is -0.0253. The molecule has 2 rings (SSSR count). The Labute approximate surface area is 109 Å². The molecule has 1 aromatic rings. The molecule has 1 aliphatic heterocycles. The minimum atomic E-state index is -0.641. The van der Waals surface area contributed by atoms with Crippen molar-refractivity contribution >= 4 is 0 Å². The minimum Gasteiger partial charge on any atom is -0.389 e. The molecule has 1 aliphatic rings. The lowest BCUT2D eigenvalue weighted by Gasteiger charge is -2.43. The summed E-state index contributed by atoms with van der Waals surface area (Å²) in [5.74, 6) is 0.629. The third-order valence-corrected chi connectivity index (χ3v) is 3.64. The van der Waals surface area contributed by atoms with E-state index in [0.29, 0.717) is 18.9 Å². The Bertz CT molecular complexity index is 358. The maximum absolute atomic E-state index is 10.2. The monoisotopic (exact) mass is 249 g/mol. The molecule has 1 aromatic carbocycles. The van der Waals surface area contributed by atoms with Gasteiger partial charge in [0.25, 0.3) is 0 Å². The maximum Gasteiger partial charge on any atom is 0.0768 e. The summed E-state index contributed by atoms with van der Waals surface area (Å²) >= 11 is 0. The van der Waals surface area contributed by atoms with Crippen LogP contribution in [0.5, 0.6) is 0 Å². The summed E-state index contributed by atoms with van der Waals surface area (Å²) in [5.41, 5.74) is 0.766. The number of benzene rings is 1. The second kappa shape index (κ2) is 5.83. The number of β-amino-alcohol motifs (C(OH)–C–C–N with tert-alkyl or cyclic N) is 1. The highest BCUT2D eigenvalue weighted by Gasteiger charge is 2.32. The van der Waals surface area contributed by atoms with Crippen LogP contribution in [-0.4, -0.2) is 49.0 Å². The number of methoxy groups -OCH3 is 1. The predicted octanol–water partition coefficient (Wildman–Crippen LogP) is 1.87. The molecule has 3 heteroatoms. The van der Waals surface area contributed by atoms with Gasteiger partial charge in [0.2, 0.25) is 0 Å². The lowest BCUT2D eigenvalue weighted by Crippen LogP contribution is -2.51. The van der Waals surface area contributed by atoms with Gasteiger partial charge in [-0.15, -0.1) is 0 Å². The summed E-state index contributed by atoms with van der Waals surface area (Å²) in [5, 5.41) is 10.2. The number of likely N-dealkylation sites (tertiary alicyclic amines) is 1. The van der Waals surface area contributed by atoms with Crippen molar-refractivity contribution in [2.24, 2.45) is 0 Å². The Morgan fingerprint density at radius 1 is 1.33 bits per heavy atom. The molecule has 0 radical (unpaired) electrons. The van der Waals surface area contributed by atoms with Crippen molar-refractivity contribution in [2.75, 3.05) is 33.4 Å². The maximum atomic E-state index is 10.2. The van der Waals surface area contributed by atoms with Crippen molar-refractivity contribution in [1.82, 2.24) is 4.90 Å². The molecule has 0 saturated carbocycles. The van der Waals surface area contributed by atoms with Crippen molar-refractivity contribution < 1.29 is 9.84 Å². The molecular weight excluding hydrogens is 226 g/mol. The summed E-state index contributed by atoms with van der Waals surface area (Å²) in [7, 11) is 1.67. The van der Waals surface area contributed by atoms with Gasteiger partial charge in [-0.2, -0.15) is 0 Å². The number of rotatable bonds is 6. The number of ether oxygens (including phenoxy) is 1. The topological polar surface area (TPSA) is 32.7 Å². The quantitative estimate of drug-likeness (QED) is 0.835. The van der Waals surface area contributed by atoms with E-state index in [1.807, 2.05) is 6.92 Å². The van der Waals surface area contributed by atoms with Gasteiger partial charge in [0.1, 0.15) is 0 Å². The van der Waals surface area contributed by atoms with Crippen LogP contribution in [0.4, 0.5) is 0 Å². The van der Waals surface area contributed by atoms with Gasteiger partial charge in [-0.25, -0.2) is 0 Å². The molecule has 0 bridgehead atoms. The van der Waals surface area contributed by atoms with Gasteiger partial charge in [0, 0.05) is 45.7 Å². The van der Waals surface area contributed by atoms with E-state index in [0.717, 1.165) is 19.6 Å². The van der Waals surface area contributed by atoms with Crippen LogP contribution >= 0.6 is 0 Å². The largest absolute Gasteiger partial charge is 0.389 e. The van der Waals surface area contributed by atoms with Crippen LogP contribution in [0.1, 0.15) is 24.8 Å². The zero-order chi connectivity index (χ0) is 13.0. The predicted molar refractivity (Wildman–Crippen MR) is 72.7 cm³/mol. The zero-order valence-corrected chi connectivity index (χ0v) is 11.3. The first-order valence-corrected chi connectivity index (χ1v) is 6.59. The van der Waals surface area contributed by atoms with Gasteiger partial charge >= 0.3 is 0 Å². The normalized spacial score (nSPS) is 20.4. The van der Waals surface area contributed by atoms with Crippen LogP contribution < -0.4 is 0 Å². The van der Waals surface area contributed by atoms with Crippen molar-refractivity contribution in [3.8, 4) is 0 Å². The fourth-order valence-electron chi connectivity index (χ4n) is 2.52. The summed E-state index contributed by atoms with van der Waals surface area (Å²) in [6, 6.07) is 10.6. The fourth-order valence-corrected chi connectivity index (χ4v) is 2.52. The minimum absolute atomic E-state index is 0.614. The third kappa shape index (κ3) is 3.55. The highest BCUT2D eigenvalue weighted by molar-refractivity contribution is 5.22. The van der Waals surface area contributed by atoms with Crippen LogP contribution in [0.3, 0.4) is 0 Å². The van der Waals surface area contributed by atoms with Gasteiger partial charge in [0.05, 0.1) is 5.60 Å². The fraction of sp³-hybridized carbons (Fsp3) is 0.600. The van der Waals surface area contributed by atoms with Gasteiger partial charge in [-0.1, -0.05) is 30.3 Å². The number of aliphatic hydroxyl groups is 1. The summed E-state index contributed by atoms with van der Waals surface area (Å²) in [4.78, 5) is 2.31. The standard InChI is InChI=1S/C15H23NO2/c1-15(17,8-9-18-2)12-16-10-14(11-16)13-6-4-3-5-7-13/h3-7,14,17H,8-12H2,1-2H3. The first-order valence-electron chi connectivity index (χ1n) is 6.59.